The maximum atomic E-state index is 13.3. The van der Waals surface area contributed by atoms with Crippen LogP contribution in [0.15, 0.2) is 54.6 Å². The first-order valence-corrected chi connectivity index (χ1v) is 10.4. The lowest BCUT2D eigenvalue weighted by Gasteiger charge is -2.26. The molecule has 2 aromatic carbocycles. The van der Waals surface area contributed by atoms with Crippen LogP contribution in [0, 0.1) is 0 Å². The number of hydrogen-bond acceptors (Lipinski definition) is 5. The molecule has 0 fully saturated rings. The number of para-hydroxylation sites is 1. The van der Waals surface area contributed by atoms with Crippen LogP contribution in [0.1, 0.15) is 30.6 Å². The van der Waals surface area contributed by atoms with Crippen LogP contribution >= 0.6 is 0 Å². The lowest BCUT2D eigenvalue weighted by molar-refractivity contribution is -0.142. The highest BCUT2D eigenvalue weighted by atomic mass is 16.5. The predicted molar refractivity (Wildman–Crippen MR) is 117 cm³/mol. The fourth-order valence-corrected chi connectivity index (χ4v) is 3.75. The second-order valence-corrected chi connectivity index (χ2v) is 7.33. The molecule has 0 saturated carbocycles. The molecule has 164 valence electrons. The number of rotatable bonds is 6. The zero-order valence-electron chi connectivity index (χ0n) is 18.0. The number of amides is 2. The van der Waals surface area contributed by atoms with Crippen LogP contribution in [0.2, 0.25) is 0 Å². The second kappa shape index (κ2) is 10.7. The van der Waals surface area contributed by atoms with Gasteiger partial charge in [-0.3, -0.25) is 19.3 Å². The minimum Gasteiger partial charge on any atom is -0.465 e. The summed E-state index contributed by atoms with van der Waals surface area (Å²) in [6.07, 6.45) is 0.421. The molecule has 2 aromatic rings. The van der Waals surface area contributed by atoms with Gasteiger partial charge in [0.1, 0.15) is 13.1 Å². The van der Waals surface area contributed by atoms with E-state index < -0.39 is 5.97 Å². The van der Waals surface area contributed by atoms with Crippen molar-refractivity contribution in [3.05, 3.63) is 65.7 Å². The van der Waals surface area contributed by atoms with Crippen molar-refractivity contribution in [1.29, 1.82) is 0 Å². The molecule has 1 aliphatic rings. The summed E-state index contributed by atoms with van der Waals surface area (Å²) in [4.78, 5) is 41.5. The van der Waals surface area contributed by atoms with Gasteiger partial charge in [-0.1, -0.05) is 48.5 Å². The van der Waals surface area contributed by atoms with Gasteiger partial charge in [0.05, 0.1) is 24.8 Å². The lowest BCUT2D eigenvalue weighted by atomic mass is 10.0. The maximum Gasteiger partial charge on any atom is 0.326 e. The molecule has 0 N–H and O–H groups in total. The summed E-state index contributed by atoms with van der Waals surface area (Å²) in [7, 11) is 1.60. The minimum atomic E-state index is -0.499. The predicted octanol–water partition coefficient (Wildman–Crippen LogP) is 2.75. The Bertz CT molecular complexity index is 915. The van der Waals surface area contributed by atoms with Crippen molar-refractivity contribution in [2.75, 3.05) is 38.3 Å². The zero-order valence-corrected chi connectivity index (χ0v) is 18.0. The van der Waals surface area contributed by atoms with Crippen molar-refractivity contribution in [2.45, 2.75) is 25.9 Å². The van der Waals surface area contributed by atoms with Crippen molar-refractivity contribution >= 4 is 23.5 Å². The number of ether oxygens (including phenoxy) is 2. The van der Waals surface area contributed by atoms with E-state index in [9.17, 15) is 14.4 Å². The van der Waals surface area contributed by atoms with Gasteiger partial charge in [-0.15, -0.1) is 0 Å². The van der Waals surface area contributed by atoms with E-state index in [1.165, 1.54) is 4.90 Å². The first-order chi connectivity index (χ1) is 15.0. The average molecular weight is 424 g/mol. The normalized spacial score (nSPS) is 16.7. The number of methoxy groups -OCH3 is 1. The largest absolute Gasteiger partial charge is 0.465 e. The third-order valence-corrected chi connectivity index (χ3v) is 5.29. The van der Waals surface area contributed by atoms with E-state index in [4.69, 9.17) is 9.47 Å². The van der Waals surface area contributed by atoms with Crippen molar-refractivity contribution < 1.29 is 23.9 Å². The summed E-state index contributed by atoms with van der Waals surface area (Å²) in [6, 6.07) is 16.8. The summed E-state index contributed by atoms with van der Waals surface area (Å²) in [5.74, 6) is -0.976. The number of benzene rings is 2. The molecule has 0 aliphatic carbocycles. The smallest absolute Gasteiger partial charge is 0.326 e. The highest BCUT2D eigenvalue weighted by molar-refractivity contribution is 6.01. The standard InChI is InChI=1S/C24H28N2O5/c1-3-31-24(29)17-26-20-12-8-7-11-19(20)21(30-2)13-14-25(16-23(26)28)22(27)15-18-9-5-4-6-10-18/h4-12,21H,3,13-17H2,1-2H3. The molecule has 0 aromatic heterocycles. The Balaban J connectivity index is 1.91. The minimum absolute atomic E-state index is 0.115. The molecule has 0 bridgehead atoms. The molecule has 7 heteroatoms. The molecule has 1 unspecified atom stereocenters. The van der Waals surface area contributed by atoms with E-state index in [2.05, 4.69) is 0 Å². The van der Waals surface area contributed by atoms with Crippen molar-refractivity contribution in [3.63, 3.8) is 0 Å². The number of fused-ring (bicyclic) bond motifs is 1. The van der Waals surface area contributed by atoms with Crippen LogP contribution in [0.4, 0.5) is 5.69 Å². The van der Waals surface area contributed by atoms with Crippen molar-refractivity contribution in [1.82, 2.24) is 4.90 Å². The van der Waals surface area contributed by atoms with Crippen LogP contribution in [0.25, 0.3) is 0 Å². The number of carbonyl (C=O) groups is 3. The molecule has 7 nitrogen and oxygen atoms in total. The van der Waals surface area contributed by atoms with Crippen LogP contribution in [0.3, 0.4) is 0 Å². The topological polar surface area (TPSA) is 76.2 Å². The van der Waals surface area contributed by atoms with Crippen LogP contribution in [-0.2, 0) is 30.3 Å². The van der Waals surface area contributed by atoms with E-state index >= 15 is 0 Å². The molecule has 2 amide bonds. The van der Waals surface area contributed by atoms with Gasteiger partial charge in [0.15, 0.2) is 0 Å². The molecule has 1 atom stereocenters. The lowest BCUT2D eigenvalue weighted by Crippen LogP contribution is -2.45. The number of carbonyl (C=O) groups excluding carboxylic acids is 3. The summed E-state index contributed by atoms with van der Waals surface area (Å²) in [5.41, 5.74) is 2.29. The summed E-state index contributed by atoms with van der Waals surface area (Å²) >= 11 is 0. The Morgan fingerprint density at radius 2 is 1.77 bits per heavy atom. The molecular formula is C24H28N2O5. The van der Waals surface area contributed by atoms with Gasteiger partial charge in [0.25, 0.3) is 0 Å². The van der Waals surface area contributed by atoms with E-state index in [1.54, 1.807) is 25.0 Å². The van der Waals surface area contributed by atoms with Crippen molar-refractivity contribution in [2.24, 2.45) is 0 Å². The molecule has 0 radical (unpaired) electrons. The molecule has 0 saturated heterocycles. The molecule has 3 rings (SSSR count). The van der Waals surface area contributed by atoms with Crippen LogP contribution in [0.5, 0.6) is 0 Å². The van der Waals surface area contributed by atoms with Gasteiger partial charge in [-0.05, 0) is 25.0 Å². The first kappa shape index (κ1) is 22.5. The zero-order chi connectivity index (χ0) is 22.2. The average Bonchev–Trinajstić information content (AvgIpc) is 2.83. The Kier molecular flexibility index (Phi) is 7.78. The van der Waals surface area contributed by atoms with E-state index in [1.807, 2.05) is 48.5 Å². The highest BCUT2D eigenvalue weighted by Gasteiger charge is 2.30. The molecule has 1 heterocycles. The van der Waals surface area contributed by atoms with E-state index in [0.717, 1.165) is 11.1 Å². The SMILES string of the molecule is CCOC(=O)CN1C(=O)CN(C(=O)Cc2ccccc2)CCC(OC)c2ccccc21. The summed E-state index contributed by atoms with van der Waals surface area (Å²) < 4.78 is 10.8. The summed E-state index contributed by atoms with van der Waals surface area (Å²) in [5, 5.41) is 0. The maximum absolute atomic E-state index is 13.3. The fraction of sp³-hybridized carbons (Fsp3) is 0.375. The number of esters is 1. The molecular weight excluding hydrogens is 396 g/mol. The van der Waals surface area contributed by atoms with Gasteiger partial charge in [-0.25, -0.2) is 0 Å². The second-order valence-electron chi connectivity index (χ2n) is 7.33. The molecule has 0 spiro atoms. The quantitative estimate of drug-likeness (QED) is 0.667. The van der Waals surface area contributed by atoms with Gasteiger partial charge in [0, 0.05) is 19.2 Å². The van der Waals surface area contributed by atoms with Crippen LogP contribution < -0.4 is 4.90 Å². The number of hydrogen-bond donors (Lipinski definition) is 0. The highest BCUT2D eigenvalue weighted by Crippen LogP contribution is 2.32. The third kappa shape index (κ3) is 5.70. The van der Waals surface area contributed by atoms with Crippen LogP contribution in [-0.4, -0.2) is 56.0 Å². The number of nitrogens with zero attached hydrogens (tertiary/aromatic N) is 2. The Hall–Kier alpha value is -3.19. The Labute approximate surface area is 182 Å². The first-order valence-electron chi connectivity index (χ1n) is 10.4. The fourth-order valence-electron chi connectivity index (χ4n) is 3.75. The Morgan fingerprint density at radius 3 is 2.48 bits per heavy atom. The van der Waals surface area contributed by atoms with E-state index in [-0.39, 0.29) is 44.0 Å². The number of anilines is 1. The van der Waals surface area contributed by atoms with E-state index in [0.29, 0.717) is 18.7 Å². The third-order valence-electron chi connectivity index (χ3n) is 5.29. The molecule has 31 heavy (non-hydrogen) atoms. The Morgan fingerprint density at radius 1 is 1.06 bits per heavy atom. The van der Waals surface area contributed by atoms with Crippen molar-refractivity contribution in [3.8, 4) is 0 Å². The van der Waals surface area contributed by atoms with Gasteiger partial charge >= 0.3 is 5.97 Å². The van der Waals surface area contributed by atoms with Gasteiger partial charge in [0.2, 0.25) is 11.8 Å². The molecule has 1 aliphatic heterocycles. The summed E-state index contributed by atoms with van der Waals surface area (Å²) in [6.45, 7) is 1.98. The van der Waals surface area contributed by atoms with Gasteiger partial charge < -0.3 is 14.4 Å². The van der Waals surface area contributed by atoms with Gasteiger partial charge in [-0.2, -0.15) is 0 Å². The monoisotopic (exact) mass is 424 g/mol.